The van der Waals surface area contributed by atoms with Crippen molar-refractivity contribution in [2.24, 2.45) is 0 Å². The summed E-state index contributed by atoms with van der Waals surface area (Å²) in [5, 5.41) is 2.93. The minimum atomic E-state index is -3.79. The number of rotatable bonds is 3. The van der Waals surface area contributed by atoms with Crippen molar-refractivity contribution < 1.29 is 22.7 Å². The molecule has 28 heavy (non-hydrogen) atoms. The van der Waals surface area contributed by atoms with Crippen molar-refractivity contribution in [1.82, 2.24) is 5.32 Å². The number of methoxy groups -OCH3 is 1. The summed E-state index contributed by atoms with van der Waals surface area (Å²) >= 11 is 0. The quantitative estimate of drug-likeness (QED) is 0.850. The van der Waals surface area contributed by atoms with Crippen LogP contribution in [0, 0.1) is 6.92 Å². The molecule has 0 spiro atoms. The van der Waals surface area contributed by atoms with Crippen LogP contribution in [0.25, 0.3) is 0 Å². The third-order valence-corrected chi connectivity index (χ3v) is 7.00. The van der Waals surface area contributed by atoms with Gasteiger partial charge in [0.2, 0.25) is 5.91 Å². The first-order chi connectivity index (χ1) is 13.4. The number of anilines is 1. The molecule has 0 unspecified atom stereocenters. The van der Waals surface area contributed by atoms with Gasteiger partial charge in [-0.15, -0.1) is 0 Å². The Balaban J connectivity index is 1.84. The number of hydrogen-bond donors (Lipinski definition) is 1. The summed E-state index contributed by atoms with van der Waals surface area (Å²) in [5.74, 6) is 0.368. The standard InChI is InChI=1S/C20H22N2O5S/c1-13-3-6-15(7-4-13)28(24,25)22-10-9-17-20(27-12-19(23)21-17)16-8-5-14(26-2)11-18(16)22/h3-8,11,17,20H,9-10,12H2,1-2H3,(H,21,23)/t17-,20-/m1/s1. The molecule has 148 valence electrons. The number of nitrogens with one attached hydrogen (secondary N) is 1. The Labute approximate surface area is 164 Å². The van der Waals surface area contributed by atoms with Crippen LogP contribution in [0.5, 0.6) is 5.75 Å². The number of carbonyl (C=O) groups excluding carboxylic acids is 1. The van der Waals surface area contributed by atoms with Crippen LogP contribution in [0.1, 0.15) is 23.7 Å². The van der Waals surface area contributed by atoms with Crippen LogP contribution in [-0.2, 0) is 19.6 Å². The maximum absolute atomic E-state index is 13.4. The van der Waals surface area contributed by atoms with Gasteiger partial charge >= 0.3 is 0 Å². The number of ether oxygens (including phenoxy) is 2. The minimum Gasteiger partial charge on any atom is -0.497 e. The van der Waals surface area contributed by atoms with E-state index in [-0.39, 0.29) is 30.0 Å². The average Bonchev–Trinajstić information content (AvgIpc) is 2.84. The van der Waals surface area contributed by atoms with Gasteiger partial charge in [-0.2, -0.15) is 0 Å². The number of sulfonamides is 1. The topological polar surface area (TPSA) is 84.9 Å². The van der Waals surface area contributed by atoms with Crippen LogP contribution in [0.4, 0.5) is 5.69 Å². The molecule has 0 bridgehead atoms. The fraction of sp³-hybridized carbons (Fsp3) is 0.350. The van der Waals surface area contributed by atoms with Crippen molar-refractivity contribution in [3.8, 4) is 5.75 Å². The van der Waals surface area contributed by atoms with Gasteiger partial charge in [-0.05, 0) is 31.5 Å². The zero-order valence-corrected chi connectivity index (χ0v) is 16.5. The fourth-order valence-corrected chi connectivity index (χ4v) is 5.20. The molecule has 2 aromatic rings. The highest BCUT2D eigenvalue weighted by Gasteiger charge is 2.39. The first kappa shape index (κ1) is 18.8. The van der Waals surface area contributed by atoms with Crippen molar-refractivity contribution in [2.45, 2.75) is 30.4 Å². The SMILES string of the molecule is COc1ccc2c(c1)N(S(=O)(=O)c1ccc(C)cc1)CC[C@H]1NC(=O)CO[C@H]21. The van der Waals surface area contributed by atoms with E-state index in [2.05, 4.69) is 5.32 Å². The van der Waals surface area contributed by atoms with Gasteiger partial charge in [-0.3, -0.25) is 9.10 Å². The molecule has 7 nitrogen and oxygen atoms in total. The second-order valence-electron chi connectivity index (χ2n) is 7.01. The Hall–Kier alpha value is -2.58. The largest absolute Gasteiger partial charge is 0.497 e. The molecule has 1 amide bonds. The van der Waals surface area contributed by atoms with Gasteiger partial charge in [-0.1, -0.05) is 23.8 Å². The van der Waals surface area contributed by atoms with E-state index in [9.17, 15) is 13.2 Å². The molecule has 0 aliphatic carbocycles. The monoisotopic (exact) mass is 402 g/mol. The highest BCUT2D eigenvalue weighted by molar-refractivity contribution is 7.92. The van der Waals surface area contributed by atoms with Gasteiger partial charge in [0, 0.05) is 18.2 Å². The van der Waals surface area contributed by atoms with E-state index in [1.165, 1.54) is 11.4 Å². The summed E-state index contributed by atoms with van der Waals surface area (Å²) in [7, 11) is -2.25. The summed E-state index contributed by atoms with van der Waals surface area (Å²) in [6.45, 7) is 2.09. The molecule has 2 aliphatic heterocycles. The maximum atomic E-state index is 13.4. The molecule has 8 heteroatoms. The minimum absolute atomic E-state index is 0.0443. The summed E-state index contributed by atoms with van der Waals surface area (Å²) in [6, 6.07) is 11.8. The van der Waals surface area contributed by atoms with Gasteiger partial charge in [0.15, 0.2) is 0 Å². The molecule has 2 atom stereocenters. The lowest BCUT2D eigenvalue weighted by Gasteiger charge is -2.31. The Bertz CT molecular complexity index is 1000. The summed E-state index contributed by atoms with van der Waals surface area (Å²) in [5.41, 5.74) is 2.22. The molecule has 0 aromatic heterocycles. The van der Waals surface area contributed by atoms with E-state index in [4.69, 9.17) is 9.47 Å². The first-order valence-corrected chi connectivity index (χ1v) is 10.5. The van der Waals surface area contributed by atoms with Crippen LogP contribution in [0.2, 0.25) is 0 Å². The Morgan fingerprint density at radius 3 is 2.64 bits per heavy atom. The predicted molar refractivity (Wildman–Crippen MR) is 104 cm³/mol. The number of benzene rings is 2. The van der Waals surface area contributed by atoms with Crippen LogP contribution >= 0.6 is 0 Å². The second kappa shape index (κ2) is 7.10. The Kier molecular flexibility index (Phi) is 4.76. The van der Waals surface area contributed by atoms with Crippen LogP contribution in [0.15, 0.2) is 47.4 Å². The number of aryl methyl sites for hydroxylation is 1. The van der Waals surface area contributed by atoms with Crippen molar-refractivity contribution in [2.75, 3.05) is 24.6 Å². The van der Waals surface area contributed by atoms with E-state index in [0.717, 1.165) is 11.1 Å². The summed E-state index contributed by atoms with van der Waals surface area (Å²) in [6.07, 6.45) is 0.0372. The predicted octanol–water partition coefficient (Wildman–Crippen LogP) is 2.16. The van der Waals surface area contributed by atoms with Crippen LogP contribution < -0.4 is 14.4 Å². The number of carbonyl (C=O) groups is 1. The average molecular weight is 402 g/mol. The van der Waals surface area contributed by atoms with Crippen molar-refractivity contribution in [3.05, 3.63) is 53.6 Å². The maximum Gasteiger partial charge on any atom is 0.264 e. The summed E-state index contributed by atoms with van der Waals surface area (Å²) < 4.78 is 39.4. The third kappa shape index (κ3) is 3.22. The van der Waals surface area contributed by atoms with E-state index in [1.807, 2.05) is 13.0 Å². The number of hydrogen-bond acceptors (Lipinski definition) is 5. The van der Waals surface area contributed by atoms with Gasteiger partial charge in [0.25, 0.3) is 10.0 Å². The summed E-state index contributed by atoms with van der Waals surface area (Å²) in [4.78, 5) is 12.0. The van der Waals surface area contributed by atoms with E-state index >= 15 is 0 Å². The van der Waals surface area contributed by atoms with Crippen molar-refractivity contribution in [3.63, 3.8) is 0 Å². The molecule has 2 aliphatic rings. The zero-order chi connectivity index (χ0) is 19.9. The van der Waals surface area contributed by atoms with E-state index in [1.54, 1.807) is 36.4 Å². The number of morpholine rings is 1. The van der Waals surface area contributed by atoms with Gasteiger partial charge in [0.1, 0.15) is 18.5 Å². The van der Waals surface area contributed by atoms with Crippen LogP contribution in [-0.4, -0.2) is 40.6 Å². The molecule has 4 rings (SSSR count). The molecular weight excluding hydrogens is 380 g/mol. The molecule has 2 heterocycles. The van der Waals surface area contributed by atoms with Crippen LogP contribution in [0.3, 0.4) is 0 Å². The lowest BCUT2D eigenvalue weighted by molar-refractivity contribution is -0.137. The molecule has 1 saturated heterocycles. The normalized spacial score (nSPS) is 21.9. The van der Waals surface area contributed by atoms with Crippen molar-refractivity contribution in [1.29, 1.82) is 0 Å². The third-order valence-electron chi connectivity index (χ3n) is 5.17. The molecule has 2 aromatic carbocycles. The Morgan fingerprint density at radius 1 is 1.18 bits per heavy atom. The smallest absolute Gasteiger partial charge is 0.264 e. The van der Waals surface area contributed by atoms with Gasteiger partial charge < -0.3 is 14.8 Å². The van der Waals surface area contributed by atoms with Gasteiger partial charge in [-0.25, -0.2) is 8.42 Å². The first-order valence-electron chi connectivity index (χ1n) is 9.08. The molecule has 0 saturated carbocycles. The molecular formula is C20H22N2O5S. The fourth-order valence-electron chi connectivity index (χ4n) is 3.71. The number of amides is 1. The lowest BCUT2D eigenvalue weighted by Crippen LogP contribution is -2.47. The Morgan fingerprint density at radius 2 is 1.93 bits per heavy atom. The highest BCUT2D eigenvalue weighted by Crippen LogP contribution is 2.40. The van der Waals surface area contributed by atoms with E-state index in [0.29, 0.717) is 17.9 Å². The molecule has 0 radical (unpaired) electrons. The highest BCUT2D eigenvalue weighted by atomic mass is 32.2. The zero-order valence-electron chi connectivity index (χ0n) is 15.7. The second-order valence-corrected chi connectivity index (χ2v) is 8.87. The number of nitrogens with zero attached hydrogens (tertiary/aromatic N) is 1. The van der Waals surface area contributed by atoms with E-state index < -0.39 is 16.1 Å². The molecule has 1 fully saturated rings. The van der Waals surface area contributed by atoms with Crippen molar-refractivity contribution >= 4 is 21.6 Å². The number of fused-ring (bicyclic) bond motifs is 3. The molecule has 1 N–H and O–H groups in total. The lowest BCUT2D eigenvalue weighted by atomic mass is 9.98. The van der Waals surface area contributed by atoms with Gasteiger partial charge in [0.05, 0.1) is 23.7 Å².